The first-order valence-electron chi connectivity index (χ1n) is 8.01. The van der Waals surface area contributed by atoms with E-state index in [-0.39, 0.29) is 5.91 Å². The zero-order valence-corrected chi connectivity index (χ0v) is 13.1. The molecule has 2 fully saturated rings. The zero-order valence-electron chi connectivity index (χ0n) is 13.1. The molecular weight excluding hydrogens is 252 g/mol. The first-order valence-corrected chi connectivity index (χ1v) is 8.01. The van der Waals surface area contributed by atoms with E-state index in [2.05, 4.69) is 27.1 Å². The highest BCUT2D eigenvalue weighted by Crippen LogP contribution is 2.20. The molecule has 0 radical (unpaired) electrons. The van der Waals surface area contributed by atoms with Gasteiger partial charge in [0.1, 0.15) is 0 Å². The number of nitrogens with one attached hydrogen (secondary N) is 1. The van der Waals surface area contributed by atoms with E-state index < -0.39 is 0 Å². The molecule has 0 saturated carbocycles. The lowest BCUT2D eigenvalue weighted by Gasteiger charge is -2.35. The summed E-state index contributed by atoms with van der Waals surface area (Å²) in [5.41, 5.74) is 0. The van der Waals surface area contributed by atoms with Crippen molar-refractivity contribution in [2.45, 2.75) is 19.3 Å². The fourth-order valence-corrected chi connectivity index (χ4v) is 3.15. The van der Waals surface area contributed by atoms with E-state index in [1.807, 2.05) is 0 Å². The van der Waals surface area contributed by atoms with Crippen molar-refractivity contribution >= 4 is 5.91 Å². The number of hydrogen-bond acceptors (Lipinski definition) is 4. The molecule has 2 aliphatic rings. The van der Waals surface area contributed by atoms with Crippen molar-refractivity contribution in [1.82, 2.24) is 20.0 Å². The van der Waals surface area contributed by atoms with Gasteiger partial charge >= 0.3 is 0 Å². The Labute approximate surface area is 123 Å². The van der Waals surface area contributed by atoms with Gasteiger partial charge in [-0.2, -0.15) is 0 Å². The van der Waals surface area contributed by atoms with Crippen molar-refractivity contribution in [1.29, 1.82) is 0 Å². The van der Waals surface area contributed by atoms with Crippen molar-refractivity contribution in [2.75, 3.05) is 66.5 Å². The Morgan fingerprint density at radius 3 is 2.30 bits per heavy atom. The van der Waals surface area contributed by atoms with Gasteiger partial charge in [0, 0.05) is 33.2 Å². The van der Waals surface area contributed by atoms with Crippen LogP contribution in [0, 0.1) is 5.92 Å². The summed E-state index contributed by atoms with van der Waals surface area (Å²) in [4.78, 5) is 18.7. The highest BCUT2D eigenvalue weighted by Gasteiger charge is 2.21. The molecule has 116 valence electrons. The van der Waals surface area contributed by atoms with Gasteiger partial charge in [-0.05, 0) is 51.9 Å². The third-order valence-electron chi connectivity index (χ3n) is 4.80. The van der Waals surface area contributed by atoms with Gasteiger partial charge in [-0.15, -0.1) is 0 Å². The molecule has 5 nitrogen and oxygen atoms in total. The quantitative estimate of drug-likeness (QED) is 0.775. The summed E-state index contributed by atoms with van der Waals surface area (Å²) in [6.07, 6.45) is 3.84. The van der Waals surface area contributed by atoms with Crippen LogP contribution in [0.4, 0.5) is 0 Å². The molecule has 0 bridgehead atoms. The minimum Gasteiger partial charge on any atom is -0.358 e. The molecule has 0 aromatic rings. The minimum atomic E-state index is 0.140. The van der Waals surface area contributed by atoms with Crippen LogP contribution in [0.5, 0.6) is 0 Å². The fourth-order valence-electron chi connectivity index (χ4n) is 3.15. The molecule has 0 aromatic carbocycles. The molecule has 2 heterocycles. The van der Waals surface area contributed by atoms with Crippen LogP contribution < -0.4 is 5.32 Å². The monoisotopic (exact) mass is 282 g/mol. The fraction of sp³-hybridized carbons (Fsp3) is 0.933. The molecule has 2 aliphatic heterocycles. The SMILES string of the molecule is CNC(=O)CN1CCC(CCN2CCN(C)CC2)CC1. The number of hydrogen-bond donors (Lipinski definition) is 1. The number of likely N-dealkylation sites (tertiary alicyclic amines) is 1. The summed E-state index contributed by atoms with van der Waals surface area (Å²) in [6.45, 7) is 8.88. The lowest BCUT2D eigenvalue weighted by atomic mass is 9.93. The van der Waals surface area contributed by atoms with Crippen molar-refractivity contribution < 1.29 is 4.79 Å². The summed E-state index contributed by atoms with van der Waals surface area (Å²) >= 11 is 0. The van der Waals surface area contributed by atoms with Crippen LogP contribution in [0.15, 0.2) is 0 Å². The van der Waals surface area contributed by atoms with Crippen molar-refractivity contribution in [2.24, 2.45) is 5.92 Å². The van der Waals surface area contributed by atoms with Crippen LogP contribution in [-0.2, 0) is 4.79 Å². The summed E-state index contributed by atoms with van der Waals surface area (Å²) < 4.78 is 0. The second-order valence-corrected chi connectivity index (χ2v) is 6.33. The number of rotatable bonds is 5. The van der Waals surface area contributed by atoms with Gasteiger partial charge in [0.15, 0.2) is 0 Å². The number of nitrogens with zero attached hydrogens (tertiary/aromatic N) is 3. The average Bonchev–Trinajstić information content (AvgIpc) is 2.48. The van der Waals surface area contributed by atoms with Crippen LogP contribution >= 0.6 is 0 Å². The summed E-state index contributed by atoms with van der Waals surface area (Å²) in [6, 6.07) is 0. The van der Waals surface area contributed by atoms with E-state index in [1.165, 1.54) is 52.0 Å². The third-order valence-corrected chi connectivity index (χ3v) is 4.80. The smallest absolute Gasteiger partial charge is 0.233 e. The molecule has 1 amide bonds. The molecule has 0 spiro atoms. The number of piperidine rings is 1. The van der Waals surface area contributed by atoms with E-state index in [0.717, 1.165) is 19.0 Å². The van der Waals surface area contributed by atoms with Gasteiger partial charge in [0.25, 0.3) is 0 Å². The molecule has 0 unspecified atom stereocenters. The largest absolute Gasteiger partial charge is 0.358 e. The Morgan fingerprint density at radius 1 is 1.05 bits per heavy atom. The van der Waals surface area contributed by atoms with E-state index in [0.29, 0.717) is 6.54 Å². The van der Waals surface area contributed by atoms with Gasteiger partial charge in [0.05, 0.1) is 6.54 Å². The van der Waals surface area contributed by atoms with Gasteiger partial charge < -0.3 is 15.1 Å². The molecule has 1 N–H and O–H groups in total. The second kappa shape index (κ2) is 7.96. The predicted molar refractivity (Wildman–Crippen MR) is 81.8 cm³/mol. The molecule has 20 heavy (non-hydrogen) atoms. The van der Waals surface area contributed by atoms with Crippen molar-refractivity contribution in [3.8, 4) is 0 Å². The average molecular weight is 282 g/mol. The Balaban J connectivity index is 1.59. The maximum absolute atomic E-state index is 11.4. The third kappa shape index (κ3) is 5.04. The Bertz CT molecular complexity index is 294. The van der Waals surface area contributed by atoms with E-state index in [1.54, 1.807) is 7.05 Å². The Kier molecular flexibility index (Phi) is 6.26. The molecule has 2 saturated heterocycles. The molecular formula is C15H30N4O. The van der Waals surface area contributed by atoms with E-state index in [9.17, 15) is 4.79 Å². The topological polar surface area (TPSA) is 38.8 Å². The minimum absolute atomic E-state index is 0.140. The van der Waals surface area contributed by atoms with Gasteiger partial charge in [0.2, 0.25) is 5.91 Å². The summed E-state index contributed by atoms with van der Waals surface area (Å²) in [5.74, 6) is 0.997. The van der Waals surface area contributed by atoms with Crippen molar-refractivity contribution in [3.63, 3.8) is 0 Å². The van der Waals surface area contributed by atoms with Gasteiger partial charge in [-0.25, -0.2) is 0 Å². The first kappa shape index (κ1) is 15.7. The lowest BCUT2D eigenvalue weighted by Crippen LogP contribution is -2.45. The Hall–Kier alpha value is -0.650. The number of carbonyl (C=O) groups is 1. The van der Waals surface area contributed by atoms with E-state index >= 15 is 0 Å². The van der Waals surface area contributed by atoms with Crippen LogP contribution in [-0.4, -0.2) is 87.1 Å². The van der Waals surface area contributed by atoms with Crippen LogP contribution in [0.2, 0.25) is 0 Å². The maximum atomic E-state index is 11.4. The Morgan fingerprint density at radius 2 is 1.70 bits per heavy atom. The van der Waals surface area contributed by atoms with Crippen LogP contribution in [0.1, 0.15) is 19.3 Å². The normalized spacial score (nSPS) is 23.9. The molecule has 0 atom stereocenters. The lowest BCUT2D eigenvalue weighted by molar-refractivity contribution is -0.122. The van der Waals surface area contributed by atoms with Crippen LogP contribution in [0.3, 0.4) is 0 Å². The standard InChI is InChI=1S/C15H30N4O/c1-16-15(20)13-19-7-4-14(5-8-19)3-6-18-11-9-17(2)10-12-18/h14H,3-13H2,1-2H3,(H,16,20). The predicted octanol–water partition coefficient (Wildman–Crippen LogP) is 0.0819. The summed E-state index contributed by atoms with van der Waals surface area (Å²) in [5, 5.41) is 2.70. The van der Waals surface area contributed by atoms with Crippen molar-refractivity contribution in [3.05, 3.63) is 0 Å². The number of likely N-dealkylation sites (N-methyl/N-ethyl adjacent to an activating group) is 2. The number of amides is 1. The zero-order chi connectivity index (χ0) is 14.4. The number of piperazine rings is 1. The molecule has 2 rings (SSSR count). The number of carbonyl (C=O) groups excluding carboxylic acids is 1. The highest BCUT2D eigenvalue weighted by atomic mass is 16.1. The van der Waals surface area contributed by atoms with E-state index in [4.69, 9.17) is 0 Å². The van der Waals surface area contributed by atoms with Crippen LogP contribution in [0.25, 0.3) is 0 Å². The first-order chi connectivity index (χ1) is 9.67. The highest BCUT2D eigenvalue weighted by molar-refractivity contribution is 5.77. The van der Waals surface area contributed by atoms with Gasteiger partial charge in [-0.3, -0.25) is 9.69 Å². The second-order valence-electron chi connectivity index (χ2n) is 6.33. The van der Waals surface area contributed by atoms with Gasteiger partial charge in [-0.1, -0.05) is 0 Å². The molecule has 0 aromatic heterocycles. The summed E-state index contributed by atoms with van der Waals surface area (Å²) in [7, 11) is 3.92. The molecule has 5 heteroatoms. The molecule has 0 aliphatic carbocycles. The maximum Gasteiger partial charge on any atom is 0.233 e.